The average Bonchev–Trinajstić information content (AvgIpc) is 3.08. The number of nitriles is 1. The van der Waals surface area contributed by atoms with Crippen LogP contribution in [0.1, 0.15) is 37.3 Å². The fraction of sp³-hybridized carbons (Fsp3) is 0.333. The lowest BCUT2D eigenvalue weighted by molar-refractivity contribution is 0.415. The maximum Gasteiger partial charge on any atom is 0.269 e. The number of rotatable bonds is 3. The summed E-state index contributed by atoms with van der Waals surface area (Å²) in [6.45, 7) is 0. The first-order valence-corrected chi connectivity index (χ1v) is 7.54. The highest BCUT2D eigenvalue weighted by Gasteiger charge is 2.22. The van der Waals surface area contributed by atoms with Crippen molar-refractivity contribution in [3.8, 4) is 23.1 Å². The van der Waals surface area contributed by atoms with Crippen molar-refractivity contribution < 1.29 is 4.74 Å². The van der Waals surface area contributed by atoms with Gasteiger partial charge in [0.05, 0.1) is 12.8 Å². The summed E-state index contributed by atoms with van der Waals surface area (Å²) < 4.78 is 7.08. The number of benzene rings is 1. The van der Waals surface area contributed by atoms with Crippen LogP contribution in [0.5, 0.6) is 5.75 Å². The molecule has 1 saturated carbocycles. The zero-order valence-corrected chi connectivity index (χ0v) is 12.6. The van der Waals surface area contributed by atoms with Crippen molar-refractivity contribution in [3.05, 3.63) is 52.3 Å². The molecule has 22 heavy (non-hydrogen) atoms. The Bertz CT molecular complexity index is 780. The Morgan fingerprint density at radius 1 is 1.23 bits per heavy atom. The standard InChI is InChI=1S/C18H18N2O2/c1-22-16-8-4-5-13(11-16)17-10-9-14(12-19)18(21)20(17)15-6-2-3-7-15/h4-5,8-11,15H,2-3,6-7H2,1H3. The van der Waals surface area contributed by atoms with E-state index in [2.05, 4.69) is 0 Å². The van der Waals surface area contributed by atoms with Crippen molar-refractivity contribution in [2.75, 3.05) is 7.11 Å². The van der Waals surface area contributed by atoms with Gasteiger partial charge in [0.1, 0.15) is 17.4 Å². The normalized spacial score (nSPS) is 14.7. The van der Waals surface area contributed by atoms with Crippen LogP contribution in [-0.4, -0.2) is 11.7 Å². The molecular weight excluding hydrogens is 276 g/mol. The van der Waals surface area contributed by atoms with Gasteiger partial charge < -0.3 is 9.30 Å². The topological polar surface area (TPSA) is 55.0 Å². The first-order valence-electron chi connectivity index (χ1n) is 7.54. The molecule has 4 nitrogen and oxygen atoms in total. The van der Waals surface area contributed by atoms with Gasteiger partial charge in [0, 0.05) is 11.6 Å². The third kappa shape index (κ3) is 2.50. The van der Waals surface area contributed by atoms with Gasteiger partial charge in [-0.05, 0) is 37.1 Å². The van der Waals surface area contributed by atoms with E-state index >= 15 is 0 Å². The zero-order chi connectivity index (χ0) is 15.5. The third-order valence-corrected chi connectivity index (χ3v) is 4.29. The average molecular weight is 294 g/mol. The molecule has 0 radical (unpaired) electrons. The largest absolute Gasteiger partial charge is 0.497 e. The molecule has 2 aromatic rings. The van der Waals surface area contributed by atoms with Crippen LogP contribution in [0.3, 0.4) is 0 Å². The summed E-state index contributed by atoms with van der Waals surface area (Å²) in [5.41, 5.74) is 1.82. The molecule has 3 rings (SSSR count). The van der Waals surface area contributed by atoms with E-state index in [0.29, 0.717) is 0 Å². The number of aromatic nitrogens is 1. The number of pyridine rings is 1. The SMILES string of the molecule is COc1cccc(-c2ccc(C#N)c(=O)n2C2CCCC2)c1. The Kier molecular flexibility index (Phi) is 3.97. The molecule has 0 spiro atoms. The zero-order valence-electron chi connectivity index (χ0n) is 12.6. The van der Waals surface area contributed by atoms with Crippen LogP contribution in [0.2, 0.25) is 0 Å². The Balaban J connectivity index is 2.20. The van der Waals surface area contributed by atoms with Crippen LogP contribution in [0.15, 0.2) is 41.2 Å². The maximum atomic E-state index is 12.6. The third-order valence-electron chi connectivity index (χ3n) is 4.29. The Morgan fingerprint density at radius 2 is 2.00 bits per heavy atom. The monoisotopic (exact) mass is 294 g/mol. The van der Waals surface area contributed by atoms with Gasteiger partial charge in [-0.25, -0.2) is 0 Å². The number of ether oxygens (including phenoxy) is 1. The van der Waals surface area contributed by atoms with E-state index in [1.807, 2.05) is 36.4 Å². The smallest absolute Gasteiger partial charge is 0.269 e. The van der Waals surface area contributed by atoms with E-state index in [0.717, 1.165) is 42.7 Å². The molecule has 4 heteroatoms. The summed E-state index contributed by atoms with van der Waals surface area (Å²) in [6.07, 6.45) is 4.24. The molecular formula is C18H18N2O2. The first-order chi connectivity index (χ1) is 10.7. The molecule has 0 unspecified atom stereocenters. The minimum absolute atomic E-state index is 0.182. The van der Waals surface area contributed by atoms with Crippen molar-refractivity contribution >= 4 is 0 Å². The van der Waals surface area contributed by atoms with Crippen molar-refractivity contribution in [1.82, 2.24) is 4.57 Å². The van der Waals surface area contributed by atoms with Crippen LogP contribution in [0.4, 0.5) is 0 Å². The summed E-state index contributed by atoms with van der Waals surface area (Å²) in [5.74, 6) is 0.757. The summed E-state index contributed by atoms with van der Waals surface area (Å²) >= 11 is 0. The van der Waals surface area contributed by atoms with Crippen molar-refractivity contribution in [2.45, 2.75) is 31.7 Å². The highest BCUT2D eigenvalue weighted by molar-refractivity contribution is 5.62. The Labute approximate surface area is 129 Å². The number of methoxy groups -OCH3 is 1. The number of hydrogen-bond acceptors (Lipinski definition) is 3. The predicted molar refractivity (Wildman–Crippen MR) is 84.9 cm³/mol. The summed E-state index contributed by atoms with van der Waals surface area (Å²) in [4.78, 5) is 12.6. The lowest BCUT2D eigenvalue weighted by Gasteiger charge is -2.19. The van der Waals surface area contributed by atoms with Crippen LogP contribution >= 0.6 is 0 Å². The minimum atomic E-state index is -0.185. The second kappa shape index (κ2) is 6.07. The second-order valence-corrected chi connectivity index (χ2v) is 5.59. The van der Waals surface area contributed by atoms with Crippen molar-refractivity contribution in [3.63, 3.8) is 0 Å². The molecule has 0 bridgehead atoms. The lowest BCUT2D eigenvalue weighted by atomic mass is 10.1. The van der Waals surface area contributed by atoms with Gasteiger partial charge >= 0.3 is 0 Å². The van der Waals surface area contributed by atoms with Gasteiger partial charge in [0.2, 0.25) is 0 Å². The molecule has 1 aliphatic carbocycles. The predicted octanol–water partition coefficient (Wildman–Crippen LogP) is 3.51. The molecule has 0 atom stereocenters. The van der Waals surface area contributed by atoms with Gasteiger partial charge in [0.15, 0.2) is 0 Å². The molecule has 0 N–H and O–H groups in total. The van der Waals surface area contributed by atoms with E-state index in [1.54, 1.807) is 17.7 Å². The van der Waals surface area contributed by atoms with Gasteiger partial charge in [-0.2, -0.15) is 5.26 Å². The number of nitrogens with zero attached hydrogens (tertiary/aromatic N) is 2. The van der Waals surface area contributed by atoms with Gasteiger partial charge in [0.25, 0.3) is 5.56 Å². The molecule has 112 valence electrons. The van der Waals surface area contributed by atoms with E-state index in [4.69, 9.17) is 10.00 Å². The van der Waals surface area contributed by atoms with Gasteiger partial charge in [-0.15, -0.1) is 0 Å². The Hall–Kier alpha value is -2.54. The van der Waals surface area contributed by atoms with Crippen molar-refractivity contribution in [2.24, 2.45) is 0 Å². The molecule has 0 amide bonds. The van der Waals surface area contributed by atoms with E-state index in [1.165, 1.54) is 0 Å². The van der Waals surface area contributed by atoms with Crippen LogP contribution in [0.25, 0.3) is 11.3 Å². The van der Waals surface area contributed by atoms with E-state index < -0.39 is 0 Å². The summed E-state index contributed by atoms with van der Waals surface area (Å²) in [6, 6.07) is 13.3. The Morgan fingerprint density at radius 3 is 2.68 bits per heavy atom. The molecule has 1 aliphatic rings. The minimum Gasteiger partial charge on any atom is -0.497 e. The quantitative estimate of drug-likeness (QED) is 0.870. The highest BCUT2D eigenvalue weighted by atomic mass is 16.5. The summed E-state index contributed by atoms with van der Waals surface area (Å²) in [7, 11) is 1.63. The summed E-state index contributed by atoms with van der Waals surface area (Å²) in [5, 5.41) is 9.15. The molecule has 1 aromatic carbocycles. The van der Waals surface area contributed by atoms with Crippen LogP contribution < -0.4 is 10.3 Å². The lowest BCUT2D eigenvalue weighted by Crippen LogP contribution is -2.27. The number of hydrogen-bond donors (Lipinski definition) is 0. The first kappa shape index (κ1) is 14.4. The highest BCUT2D eigenvalue weighted by Crippen LogP contribution is 2.33. The maximum absolute atomic E-state index is 12.6. The van der Waals surface area contributed by atoms with Crippen LogP contribution in [-0.2, 0) is 0 Å². The van der Waals surface area contributed by atoms with Gasteiger partial charge in [-0.3, -0.25) is 4.79 Å². The molecule has 1 heterocycles. The molecule has 0 aliphatic heterocycles. The van der Waals surface area contributed by atoms with E-state index in [-0.39, 0.29) is 17.2 Å². The van der Waals surface area contributed by atoms with Crippen LogP contribution in [0, 0.1) is 11.3 Å². The second-order valence-electron chi connectivity index (χ2n) is 5.59. The molecule has 1 fully saturated rings. The molecule has 1 aromatic heterocycles. The fourth-order valence-electron chi connectivity index (χ4n) is 3.18. The van der Waals surface area contributed by atoms with Crippen molar-refractivity contribution in [1.29, 1.82) is 5.26 Å². The van der Waals surface area contributed by atoms with E-state index in [9.17, 15) is 4.79 Å². The molecule has 0 saturated heterocycles. The van der Waals surface area contributed by atoms with Gasteiger partial charge in [-0.1, -0.05) is 25.0 Å². The fourth-order valence-corrected chi connectivity index (χ4v) is 3.18.